The Kier molecular flexibility index (Phi) is 6.93. The van der Waals surface area contributed by atoms with Crippen molar-refractivity contribution in [3.05, 3.63) is 62.5 Å². The molecule has 2 aromatic rings. The highest BCUT2D eigenvalue weighted by molar-refractivity contribution is 9.11. The fourth-order valence-electron chi connectivity index (χ4n) is 2.39. The summed E-state index contributed by atoms with van der Waals surface area (Å²) in [5, 5.41) is 3.58. The van der Waals surface area contributed by atoms with Gasteiger partial charge in [-0.15, -0.1) is 0 Å². The fourth-order valence-corrected chi connectivity index (χ4v) is 3.86. The molecule has 0 fully saturated rings. The van der Waals surface area contributed by atoms with Gasteiger partial charge in [0, 0.05) is 22.6 Å². The molecule has 0 aliphatic heterocycles. The van der Waals surface area contributed by atoms with E-state index in [4.69, 9.17) is 4.74 Å². The number of rotatable bonds is 7. The van der Waals surface area contributed by atoms with Gasteiger partial charge in [-0.05, 0) is 53.4 Å². The molecule has 2 rings (SSSR count). The summed E-state index contributed by atoms with van der Waals surface area (Å²) in [7, 11) is 1.70. The Hall–Kier alpha value is -0.840. The Morgan fingerprint density at radius 1 is 1.14 bits per heavy atom. The molecule has 4 heteroatoms. The molecule has 0 saturated carbocycles. The van der Waals surface area contributed by atoms with Gasteiger partial charge in [-0.3, -0.25) is 0 Å². The maximum atomic E-state index is 5.48. The second-order valence-electron chi connectivity index (χ2n) is 5.39. The Labute approximate surface area is 149 Å². The second-order valence-corrected chi connectivity index (χ2v) is 7.16. The Bertz CT molecular complexity index is 602. The average molecular weight is 427 g/mol. The van der Waals surface area contributed by atoms with Crippen LogP contribution in [0.15, 0.2) is 51.4 Å². The van der Waals surface area contributed by atoms with E-state index in [1.165, 1.54) is 5.56 Å². The number of halogens is 2. The predicted octanol–water partition coefficient (Wildman–Crippen LogP) is 5.33. The molecule has 0 aliphatic carbocycles. The van der Waals surface area contributed by atoms with Crippen molar-refractivity contribution in [1.29, 1.82) is 0 Å². The third kappa shape index (κ3) is 5.11. The number of ether oxygens (including phenoxy) is 1. The highest BCUT2D eigenvalue weighted by Gasteiger charge is 2.10. The van der Waals surface area contributed by atoms with Crippen LogP contribution in [0.2, 0.25) is 0 Å². The fraction of sp³-hybridized carbons (Fsp3) is 0.333. The van der Waals surface area contributed by atoms with Gasteiger partial charge in [0.05, 0.1) is 11.6 Å². The van der Waals surface area contributed by atoms with Crippen molar-refractivity contribution in [2.24, 2.45) is 0 Å². The highest BCUT2D eigenvalue weighted by Crippen LogP contribution is 2.32. The van der Waals surface area contributed by atoms with E-state index in [2.05, 4.69) is 80.5 Å². The number of nitrogens with one attached hydrogen (secondary N) is 1. The number of aryl methyl sites for hydroxylation is 1. The molecule has 1 atom stereocenters. The van der Waals surface area contributed by atoms with Gasteiger partial charge in [-0.2, -0.15) is 0 Å². The molecule has 0 unspecified atom stereocenters. The number of hydrogen-bond acceptors (Lipinski definition) is 2. The molecular formula is C18H21Br2NO. The smallest absolute Gasteiger partial charge is 0.137 e. The summed E-state index contributed by atoms with van der Waals surface area (Å²) >= 11 is 7.08. The van der Waals surface area contributed by atoms with Crippen molar-refractivity contribution in [2.45, 2.75) is 32.4 Å². The largest absolute Gasteiger partial charge is 0.495 e. The molecule has 1 N–H and O–H groups in total. The Morgan fingerprint density at radius 2 is 1.86 bits per heavy atom. The summed E-state index contributed by atoms with van der Waals surface area (Å²) in [6.45, 7) is 3.01. The molecule has 0 radical (unpaired) electrons. The topological polar surface area (TPSA) is 21.3 Å². The highest BCUT2D eigenvalue weighted by atomic mass is 79.9. The van der Waals surface area contributed by atoms with Gasteiger partial charge in [0.2, 0.25) is 0 Å². The molecule has 0 aromatic heterocycles. The van der Waals surface area contributed by atoms with Crippen molar-refractivity contribution in [3.8, 4) is 5.75 Å². The molecule has 0 saturated heterocycles. The van der Waals surface area contributed by atoms with Crippen LogP contribution in [0.1, 0.15) is 24.5 Å². The lowest BCUT2D eigenvalue weighted by Crippen LogP contribution is -2.26. The van der Waals surface area contributed by atoms with Crippen LogP contribution in [0.25, 0.3) is 0 Å². The number of methoxy groups -OCH3 is 1. The summed E-state index contributed by atoms with van der Waals surface area (Å²) in [5.41, 5.74) is 2.54. The van der Waals surface area contributed by atoms with Crippen molar-refractivity contribution in [1.82, 2.24) is 5.32 Å². The first-order valence-corrected chi connectivity index (χ1v) is 8.98. The second kappa shape index (κ2) is 8.70. The molecule has 0 aliphatic rings. The normalized spacial score (nSPS) is 12.2. The number of hydrogen-bond donors (Lipinski definition) is 1. The lowest BCUT2D eigenvalue weighted by Gasteiger charge is -2.16. The average Bonchev–Trinajstić information content (AvgIpc) is 2.51. The molecule has 2 aromatic carbocycles. The van der Waals surface area contributed by atoms with E-state index in [9.17, 15) is 0 Å². The maximum Gasteiger partial charge on any atom is 0.137 e. The van der Waals surface area contributed by atoms with E-state index < -0.39 is 0 Å². The quantitative estimate of drug-likeness (QED) is 0.645. The lowest BCUT2D eigenvalue weighted by molar-refractivity contribution is 0.402. The zero-order valence-corrected chi connectivity index (χ0v) is 16.1. The molecule has 0 amide bonds. The first-order chi connectivity index (χ1) is 10.6. The van der Waals surface area contributed by atoms with Crippen molar-refractivity contribution < 1.29 is 4.74 Å². The van der Waals surface area contributed by atoms with Crippen LogP contribution in [0.4, 0.5) is 0 Å². The van der Waals surface area contributed by atoms with Crippen LogP contribution in [0.5, 0.6) is 5.75 Å². The van der Waals surface area contributed by atoms with Gasteiger partial charge in [0.15, 0.2) is 0 Å². The van der Waals surface area contributed by atoms with Crippen molar-refractivity contribution >= 4 is 31.9 Å². The Morgan fingerprint density at radius 3 is 2.55 bits per heavy atom. The van der Waals surface area contributed by atoms with Crippen LogP contribution in [0, 0.1) is 0 Å². The molecule has 0 heterocycles. The van der Waals surface area contributed by atoms with Crippen LogP contribution in [0.3, 0.4) is 0 Å². The molecule has 118 valence electrons. The standard InChI is InChI=1S/C18H21Br2NO/c1-13(8-9-14-6-4-3-5-7-14)21-12-15-10-16(19)11-17(20)18(15)22-2/h3-7,10-11,13,21H,8-9,12H2,1-2H3/t13-/m1/s1. The minimum atomic E-state index is 0.447. The van der Waals surface area contributed by atoms with E-state index in [-0.39, 0.29) is 0 Å². The molecule has 22 heavy (non-hydrogen) atoms. The SMILES string of the molecule is COc1c(Br)cc(Br)cc1CN[C@H](C)CCc1ccccc1. The molecule has 0 spiro atoms. The predicted molar refractivity (Wildman–Crippen MR) is 99.5 cm³/mol. The summed E-state index contributed by atoms with van der Waals surface area (Å²) in [6, 6.07) is 15.2. The molecular weight excluding hydrogens is 406 g/mol. The molecule has 0 bridgehead atoms. The summed E-state index contributed by atoms with van der Waals surface area (Å²) < 4.78 is 7.51. The first kappa shape index (κ1) is 17.5. The minimum Gasteiger partial charge on any atom is -0.495 e. The van der Waals surface area contributed by atoms with E-state index in [1.54, 1.807) is 7.11 Å². The zero-order chi connectivity index (χ0) is 15.9. The third-order valence-corrected chi connectivity index (χ3v) is 4.69. The van der Waals surface area contributed by atoms with Crippen molar-refractivity contribution in [2.75, 3.05) is 7.11 Å². The van der Waals surface area contributed by atoms with Crippen LogP contribution < -0.4 is 10.1 Å². The first-order valence-electron chi connectivity index (χ1n) is 7.39. The monoisotopic (exact) mass is 425 g/mol. The zero-order valence-electron chi connectivity index (χ0n) is 12.9. The van der Waals surface area contributed by atoms with E-state index >= 15 is 0 Å². The minimum absolute atomic E-state index is 0.447. The van der Waals surface area contributed by atoms with Gasteiger partial charge in [0.1, 0.15) is 5.75 Å². The van der Waals surface area contributed by atoms with Crippen LogP contribution >= 0.6 is 31.9 Å². The van der Waals surface area contributed by atoms with E-state index in [1.807, 2.05) is 6.07 Å². The van der Waals surface area contributed by atoms with Crippen molar-refractivity contribution in [3.63, 3.8) is 0 Å². The van der Waals surface area contributed by atoms with Gasteiger partial charge in [-0.1, -0.05) is 46.3 Å². The van der Waals surface area contributed by atoms with Crippen LogP contribution in [-0.2, 0) is 13.0 Å². The maximum absolute atomic E-state index is 5.48. The number of benzene rings is 2. The van der Waals surface area contributed by atoms with Gasteiger partial charge >= 0.3 is 0 Å². The summed E-state index contributed by atoms with van der Waals surface area (Å²) in [4.78, 5) is 0. The van der Waals surface area contributed by atoms with Gasteiger partial charge in [-0.25, -0.2) is 0 Å². The van der Waals surface area contributed by atoms with E-state index in [0.717, 1.165) is 39.6 Å². The van der Waals surface area contributed by atoms with E-state index in [0.29, 0.717) is 6.04 Å². The Balaban J connectivity index is 1.90. The summed E-state index contributed by atoms with van der Waals surface area (Å²) in [6.07, 6.45) is 2.20. The third-order valence-electron chi connectivity index (χ3n) is 3.64. The molecule has 2 nitrogen and oxygen atoms in total. The summed E-state index contributed by atoms with van der Waals surface area (Å²) in [5.74, 6) is 0.894. The van der Waals surface area contributed by atoms with Gasteiger partial charge in [0.25, 0.3) is 0 Å². The van der Waals surface area contributed by atoms with Gasteiger partial charge < -0.3 is 10.1 Å². The lowest BCUT2D eigenvalue weighted by atomic mass is 10.1. The van der Waals surface area contributed by atoms with Crippen LogP contribution in [-0.4, -0.2) is 13.2 Å².